The minimum absolute atomic E-state index is 0.260. The molecule has 4 heterocycles. The van der Waals surface area contributed by atoms with Crippen LogP contribution in [0.4, 0.5) is 0 Å². The largest absolute Gasteiger partial charge is 0.359 e. The maximum Gasteiger partial charge on any atom is 0.164 e. The normalized spacial score (nSPS) is 13.7. The van der Waals surface area contributed by atoms with Gasteiger partial charge in [-0.25, -0.2) is 19.9 Å². The number of nitrogens with one attached hydrogen (secondary N) is 1. The highest BCUT2D eigenvalue weighted by molar-refractivity contribution is 6.19. The van der Waals surface area contributed by atoms with Crippen LogP contribution in [-0.4, -0.2) is 29.9 Å². The molecular weight excluding hydrogens is 831 g/mol. The van der Waals surface area contributed by atoms with Gasteiger partial charge in [-0.2, -0.15) is 0 Å². The number of para-hydroxylation sites is 2. The van der Waals surface area contributed by atoms with Crippen molar-refractivity contribution in [2.24, 2.45) is 4.99 Å². The number of rotatable bonds is 7. The molecule has 13 rings (SSSR count). The molecule has 0 radical (unpaired) electrons. The van der Waals surface area contributed by atoms with Crippen molar-refractivity contribution in [3.8, 4) is 51.0 Å². The Balaban J connectivity index is 1.01. The van der Waals surface area contributed by atoms with Gasteiger partial charge in [-0.15, -0.1) is 0 Å². The third kappa shape index (κ3) is 6.76. The lowest BCUT2D eigenvalue weighted by molar-refractivity contribution is 0.660. The molecule has 1 atom stereocenters. The van der Waals surface area contributed by atoms with Crippen LogP contribution in [0.3, 0.4) is 0 Å². The van der Waals surface area contributed by atoms with Gasteiger partial charge >= 0.3 is 0 Å². The molecule has 9 aromatic carbocycles. The molecule has 68 heavy (non-hydrogen) atoms. The number of allylic oxidation sites excluding steroid dienone is 1. The number of nitrogens with zero attached hydrogens (tertiary/aromatic N) is 6. The van der Waals surface area contributed by atoms with Crippen LogP contribution in [0.1, 0.15) is 17.3 Å². The SMILES string of the molecule is C1=C(c2ccccc2)NC(c2ccccc2)N=C1n1c2ccccc2c2cc(-c3ccc4c(c3)c3c(-c5nc(-c6ccccc6)nc(-c6ccccc6)n5)cccc3n4-c3ccccc3)ccc21. The van der Waals surface area contributed by atoms with Gasteiger partial charge in [-0.3, -0.25) is 4.57 Å². The molecule has 0 saturated carbocycles. The first-order valence-electron chi connectivity index (χ1n) is 22.9. The van der Waals surface area contributed by atoms with Crippen LogP contribution < -0.4 is 5.32 Å². The van der Waals surface area contributed by atoms with Gasteiger partial charge in [0.25, 0.3) is 0 Å². The number of aromatic nitrogens is 5. The Morgan fingerprint density at radius 1 is 0.368 bits per heavy atom. The van der Waals surface area contributed by atoms with Crippen LogP contribution >= 0.6 is 0 Å². The van der Waals surface area contributed by atoms with Crippen molar-refractivity contribution in [2.45, 2.75) is 6.17 Å². The molecule has 7 heteroatoms. The van der Waals surface area contributed by atoms with Crippen molar-refractivity contribution < 1.29 is 0 Å². The van der Waals surface area contributed by atoms with Crippen molar-refractivity contribution in [1.29, 1.82) is 0 Å². The van der Waals surface area contributed by atoms with Gasteiger partial charge in [0.15, 0.2) is 17.5 Å². The van der Waals surface area contributed by atoms with Gasteiger partial charge in [0.1, 0.15) is 12.0 Å². The van der Waals surface area contributed by atoms with Crippen LogP contribution in [0.25, 0.3) is 100 Å². The molecule has 0 spiro atoms. The Bertz CT molecular complexity index is 3860. The van der Waals surface area contributed by atoms with Gasteiger partial charge in [0.05, 0.1) is 22.1 Å². The summed E-state index contributed by atoms with van der Waals surface area (Å²) >= 11 is 0. The fraction of sp³-hybridized carbons (Fsp3) is 0.0164. The second-order valence-electron chi connectivity index (χ2n) is 17.1. The zero-order valence-electron chi connectivity index (χ0n) is 36.8. The average Bonchev–Trinajstić information content (AvgIpc) is 3.94. The zero-order chi connectivity index (χ0) is 45.0. The van der Waals surface area contributed by atoms with E-state index in [1.54, 1.807) is 0 Å². The highest BCUT2D eigenvalue weighted by atomic mass is 15.2. The van der Waals surface area contributed by atoms with Gasteiger partial charge < -0.3 is 9.88 Å². The third-order valence-corrected chi connectivity index (χ3v) is 13.0. The molecule has 12 aromatic rings. The minimum atomic E-state index is -0.260. The minimum Gasteiger partial charge on any atom is -0.359 e. The predicted octanol–water partition coefficient (Wildman–Crippen LogP) is 14.3. The summed E-state index contributed by atoms with van der Waals surface area (Å²) in [4.78, 5) is 20.8. The Morgan fingerprint density at radius 2 is 0.882 bits per heavy atom. The number of fused-ring (bicyclic) bond motifs is 6. The Labute approximate surface area is 392 Å². The molecule has 1 N–H and O–H groups in total. The first kappa shape index (κ1) is 39.2. The predicted molar refractivity (Wildman–Crippen MR) is 278 cm³/mol. The van der Waals surface area contributed by atoms with Gasteiger partial charge in [0, 0.05) is 55.7 Å². The first-order chi connectivity index (χ1) is 33.7. The second-order valence-corrected chi connectivity index (χ2v) is 17.1. The maximum atomic E-state index is 5.40. The van der Waals surface area contributed by atoms with E-state index in [1.165, 1.54) is 5.39 Å². The van der Waals surface area contributed by atoms with Crippen LogP contribution in [-0.2, 0) is 0 Å². The van der Waals surface area contributed by atoms with E-state index in [1.807, 2.05) is 42.5 Å². The van der Waals surface area contributed by atoms with Gasteiger partial charge in [-0.05, 0) is 70.8 Å². The fourth-order valence-electron chi connectivity index (χ4n) is 9.84. The van der Waals surface area contributed by atoms with E-state index in [4.69, 9.17) is 19.9 Å². The summed E-state index contributed by atoms with van der Waals surface area (Å²) < 4.78 is 4.67. The van der Waals surface area contributed by atoms with Crippen LogP contribution in [0.15, 0.2) is 242 Å². The Hall–Kier alpha value is -9.20. The van der Waals surface area contributed by atoms with E-state index in [-0.39, 0.29) is 6.17 Å². The van der Waals surface area contributed by atoms with Crippen molar-refractivity contribution in [1.82, 2.24) is 29.4 Å². The molecule has 1 aliphatic heterocycles. The lowest BCUT2D eigenvalue weighted by Gasteiger charge is -2.25. The molecular formula is C61H41N7. The van der Waals surface area contributed by atoms with E-state index in [0.29, 0.717) is 17.5 Å². The molecule has 0 bridgehead atoms. The molecule has 0 saturated heterocycles. The van der Waals surface area contributed by atoms with E-state index < -0.39 is 0 Å². The number of hydrogen-bond donors (Lipinski definition) is 1. The number of benzene rings is 9. The summed E-state index contributed by atoms with van der Waals surface area (Å²) in [5, 5.41) is 8.23. The Morgan fingerprint density at radius 3 is 1.54 bits per heavy atom. The first-order valence-corrected chi connectivity index (χ1v) is 22.9. The van der Waals surface area contributed by atoms with E-state index >= 15 is 0 Å². The lowest BCUT2D eigenvalue weighted by Crippen LogP contribution is -2.27. The monoisotopic (exact) mass is 871 g/mol. The number of hydrogen-bond acceptors (Lipinski definition) is 5. The van der Waals surface area contributed by atoms with E-state index in [0.717, 1.165) is 94.4 Å². The van der Waals surface area contributed by atoms with Crippen molar-refractivity contribution in [3.05, 3.63) is 248 Å². The molecule has 7 nitrogen and oxygen atoms in total. The van der Waals surface area contributed by atoms with Crippen LogP contribution in [0, 0.1) is 0 Å². The quantitative estimate of drug-likeness (QED) is 0.173. The molecule has 0 fully saturated rings. The highest BCUT2D eigenvalue weighted by Gasteiger charge is 2.24. The fourth-order valence-corrected chi connectivity index (χ4v) is 9.84. The zero-order valence-corrected chi connectivity index (χ0v) is 36.8. The van der Waals surface area contributed by atoms with E-state index in [2.05, 4.69) is 209 Å². The summed E-state index contributed by atoms with van der Waals surface area (Å²) in [6.45, 7) is 0. The van der Waals surface area contributed by atoms with Crippen molar-refractivity contribution in [2.75, 3.05) is 0 Å². The smallest absolute Gasteiger partial charge is 0.164 e. The highest BCUT2D eigenvalue weighted by Crippen LogP contribution is 2.41. The van der Waals surface area contributed by atoms with Crippen molar-refractivity contribution >= 4 is 55.1 Å². The summed E-state index contributed by atoms with van der Waals surface area (Å²) in [6, 6.07) is 80.7. The standard InChI is InChI=1S/C61H41N7/c1-6-19-40(20-7-1)51-39-56(63-58(62-51)41-21-8-2-9-22-41)68-52-31-17-16-29-47(52)49-37-44(33-35-53(49)68)45-34-36-54-50(38-45)57-48(30-18-32-55(57)67(54)46-27-14-5-15-28-46)61-65-59(42-23-10-3-11-24-42)64-60(66-61)43-25-12-4-13-26-43/h1-39,58,62H. The summed E-state index contributed by atoms with van der Waals surface area (Å²) in [6.07, 6.45) is 1.92. The average molecular weight is 872 g/mol. The molecule has 0 aliphatic carbocycles. The summed E-state index contributed by atoms with van der Waals surface area (Å²) in [5.41, 5.74) is 13.7. The molecule has 3 aromatic heterocycles. The maximum absolute atomic E-state index is 5.40. The molecule has 320 valence electrons. The molecule has 1 unspecified atom stereocenters. The van der Waals surface area contributed by atoms with Crippen LogP contribution in [0.5, 0.6) is 0 Å². The molecule has 1 aliphatic rings. The van der Waals surface area contributed by atoms with Gasteiger partial charge in [-0.1, -0.05) is 182 Å². The molecule has 0 amide bonds. The Kier molecular flexibility index (Phi) is 9.42. The number of aliphatic imine (C=N–C) groups is 1. The van der Waals surface area contributed by atoms with Gasteiger partial charge in [0.2, 0.25) is 0 Å². The van der Waals surface area contributed by atoms with E-state index in [9.17, 15) is 0 Å². The third-order valence-electron chi connectivity index (χ3n) is 13.0. The van der Waals surface area contributed by atoms with Crippen molar-refractivity contribution in [3.63, 3.8) is 0 Å². The topological polar surface area (TPSA) is 72.9 Å². The summed E-state index contributed by atoms with van der Waals surface area (Å²) in [5.74, 6) is 2.76. The van der Waals surface area contributed by atoms with Crippen LogP contribution in [0.2, 0.25) is 0 Å². The summed E-state index contributed by atoms with van der Waals surface area (Å²) in [7, 11) is 0. The second kappa shape index (κ2) is 16.3. The lowest BCUT2D eigenvalue weighted by atomic mass is 9.99.